The second-order valence-corrected chi connectivity index (χ2v) is 7.96. The minimum Gasteiger partial charge on any atom is -0.506 e. The smallest absolute Gasteiger partial charge is 0.142 e. The molecule has 1 fully saturated rings. The SMILES string of the molecule is CCCCC[C@@H](c1cc(I)c(O)c(I)c1)N1CCNCC1.Cl.Cl. The number of halogens is 4. The molecule has 23 heavy (non-hydrogen) atoms. The van der Waals surface area contributed by atoms with Gasteiger partial charge < -0.3 is 10.4 Å². The maximum Gasteiger partial charge on any atom is 0.142 e. The summed E-state index contributed by atoms with van der Waals surface area (Å²) in [5.74, 6) is 0.424. The average Bonchev–Trinajstić information content (AvgIpc) is 2.50. The Labute approximate surface area is 179 Å². The molecule has 0 amide bonds. The number of hydrogen-bond acceptors (Lipinski definition) is 3. The molecule has 1 aliphatic heterocycles. The van der Waals surface area contributed by atoms with Gasteiger partial charge in [0.25, 0.3) is 0 Å². The molecule has 0 spiro atoms. The van der Waals surface area contributed by atoms with Crippen molar-refractivity contribution in [2.75, 3.05) is 26.2 Å². The highest BCUT2D eigenvalue weighted by atomic mass is 127. The van der Waals surface area contributed by atoms with Crippen molar-refractivity contribution in [1.29, 1.82) is 0 Å². The second kappa shape index (κ2) is 12.4. The number of benzene rings is 1. The van der Waals surface area contributed by atoms with E-state index in [9.17, 15) is 5.11 Å². The summed E-state index contributed by atoms with van der Waals surface area (Å²) < 4.78 is 1.93. The Balaban J connectivity index is 0.00000242. The van der Waals surface area contributed by atoms with Crippen LogP contribution < -0.4 is 5.32 Å². The maximum atomic E-state index is 10.00. The van der Waals surface area contributed by atoms with Gasteiger partial charge in [0.05, 0.1) is 7.14 Å². The van der Waals surface area contributed by atoms with Gasteiger partial charge in [-0.25, -0.2) is 0 Å². The standard InChI is InChI=1S/C16H24I2N2O.2ClH/c1-2-3-4-5-15(20-8-6-19-7-9-20)12-10-13(17)16(21)14(18)11-12;;/h10-11,15,19,21H,2-9H2,1H3;2*1H/t15-;;/m0../s1. The first-order valence-electron chi connectivity index (χ1n) is 7.76. The monoisotopic (exact) mass is 586 g/mol. The summed E-state index contributed by atoms with van der Waals surface area (Å²) in [6.07, 6.45) is 5.05. The number of rotatable bonds is 6. The summed E-state index contributed by atoms with van der Waals surface area (Å²) in [7, 11) is 0. The Morgan fingerprint density at radius 1 is 1.13 bits per heavy atom. The van der Waals surface area contributed by atoms with Gasteiger partial charge in [-0.3, -0.25) is 4.90 Å². The van der Waals surface area contributed by atoms with Crippen molar-refractivity contribution >= 4 is 70.0 Å². The minimum atomic E-state index is 0. The van der Waals surface area contributed by atoms with Gasteiger partial charge in [0.15, 0.2) is 0 Å². The van der Waals surface area contributed by atoms with Crippen molar-refractivity contribution in [2.24, 2.45) is 0 Å². The van der Waals surface area contributed by atoms with Gasteiger partial charge in [0.2, 0.25) is 0 Å². The molecular formula is C16H26Cl2I2N2O. The van der Waals surface area contributed by atoms with Crippen molar-refractivity contribution in [3.05, 3.63) is 24.8 Å². The van der Waals surface area contributed by atoms with Crippen LogP contribution in [-0.2, 0) is 0 Å². The Bertz CT molecular complexity index is 448. The van der Waals surface area contributed by atoms with E-state index in [0.717, 1.165) is 33.3 Å². The molecule has 2 rings (SSSR count). The molecule has 0 unspecified atom stereocenters. The van der Waals surface area contributed by atoms with Crippen molar-refractivity contribution in [2.45, 2.75) is 38.6 Å². The molecule has 134 valence electrons. The van der Waals surface area contributed by atoms with Crippen LogP contribution in [0, 0.1) is 7.14 Å². The van der Waals surface area contributed by atoms with Gasteiger partial charge in [0, 0.05) is 32.2 Å². The summed E-state index contributed by atoms with van der Waals surface area (Å²) in [4.78, 5) is 2.60. The Kier molecular flexibility index (Phi) is 12.9. The maximum absolute atomic E-state index is 10.00. The van der Waals surface area contributed by atoms with E-state index >= 15 is 0 Å². The topological polar surface area (TPSA) is 35.5 Å². The molecule has 1 saturated heterocycles. The van der Waals surface area contributed by atoms with Crippen LogP contribution >= 0.6 is 70.0 Å². The second-order valence-electron chi connectivity index (χ2n) is 5.63. The van der Waals surface area contributed by atoms with Crippen LogP contribution in [0.2, 0.25) is 0 Å². The number of phenolic OH excluding ortho intramolecular Hbond substituents is 1. The van der Waals surface area contributed by atoms with Gasteiger partial charge in [-0.2, -0.15) is 0 Å². The van der Waals surface area contributed by atoms with Gasteiger partial charge >= 0.3 is 0 Å². The first kappa shape index (κ1) is 24.0. The van der Waals surface area contributed by atoms with E-state index in [0.29, 0.717) is 11.8 Å². The van der Waals surface area contributed by atoms with Crippen LogP contribution in [0.25, 0.3) is 0 Å². The molecule has 1 atom stereocenters. The van der Waals surface area contributed by atoms with E-state index in [1.165, 1.54) is 31.2 Å². The lowest BCUT2D eigenvalue weighted by atomic mass is 9.98. The lowest BCUT2D eigenvalue weighted by molar-refractivity contribution is 0.162. The molecule has 1 aromatic rings. The van der Waals surface area contributed by atoms with Gasteiger partial charge in [-0.05, 0) is 69.3 Å². The Morgan fingerprint density at radius 2 is 1.70 bits per heavy atom. The molecule has 3 nitrogen and oxygen atoms in total. The van der Waals surface area contributed by atoms with Crippen LogP contribution in [0.15, 0.2) is 12.1 Å². The van der Waals surface area contributed by atoms with Crippen LogP contribution in [-0.4, -0.2) is 36.2 Å². The average molecular weight is 587 g/mol. The largest absolute Gasteiger partial charge is 0.506 e. The summed E-state index contributed by atoms with van der Waals surface area (Å²) in [5, 5.41) is 13.4. The van der Waals surface area contributed by atoms with Gasteiger partial charge in [0.1, 0.15) is 5.75 Å². The summed E-state index contributed by atoms with van der Waals surface area (Å²) in [5.41, 5.74) is 1.36. The molecule has 7 heteroatoms. The van der Waals surface area contributed by atoms with Crippen LogP contribution in [0.1, 0.15) is 44.2 Å². The van der Waals surface area contributed by atoms with Gasteiger partial charge in [-0.1, -0.05) is 26.2 Å². The lowest BCUT2D eigenvalue weighted by Gasteiger charge is -2.35. The molecule has 0 aromatic heterocycles. The summed E-state index contributed by atoms with van der Waals surface area (Å²) >= 11 is 4.48. The van der Waals surface area contributed by atoms with Crippen LogP contribution in [0.5, 0.6) is 5.75 Å². The molecule has 2 N–H and O–H groups in total. The third kappa shape index (κ3) is 7.01. The van der Waals surface area contributed by atoms with Crippen molar-refractivity contribution in [3.63, 3.8) is 0 Å². The zero-order chi connectivity index (χ0) is 15.2. The Hall–Kier alpha value is 0.980. The number of unbranched alkanes of at least 4 members (excludes halogenated alkanes) is 2. The molecule has 0 saturated carbocycles. The first-order chi connectivity index (χ1) is 10.1. The number of nitrogens with one attached hydrogen (secondary N) is 1. The fourth-order valence-electron chi connectivity index (χ4n) is 2.92. The van der Waals surface area contributed by atoms with E-state index in [2.05, 4.69) is 74.5 Å². The normalized spacial score (nSPS) is 16.3. The molecule has 0 radical (unpaired) electrons. The van der Waals surface area contributed by atoms with Crippen molar-refractivity contribution in [3.8, 4) is 5.75 Å². The number of phenols is 1. The van der Waals surface area contributed by atoms with E-state index in [1.54, 1.807) is 0 Å². The fourth-order valence-corrected chi connectivity index (χ4v) is 4.74. The third-order valence-corrected chi connectivity index (χ3v) is 5.74. The van der Waals surface area contributed by atoms with Gasteiger partial charge in [-0.15, -0.1) is 24.8 Å². The molecule has 1 aliphatic rings. The fraction of sp³-hybridized carbons (Fsp3) is 0.625. The molecule has 1 aromatic carbocycles. The van der Waals surface area contributed by atoms with Crippen LogP contribution in [0.4, 0.5) is 0 Å². The van der Waals surface area contributed by atoms with E-state index < -0.39 is 0 Å². The molecule has 0 bridgehead atoms. The molecular weight excluding hydrogens is 561 g/mol. The lowest BCUT2D eigenvalue weighted by Crippen LogP contribution is -2.45. The third-order valence-electron chi connectivity index (χ3n) is 4.10. The molecule has 1 heterocycles. The minimum absolute atomic E-state index is 0. The Morgan fingerprint density at radius 3 is 2.22 bits per heavy atom. The number of hydrogen-bond donors (Lipinski definition) is 2. The van der Waals surface area contributed by atoms with Crippen molar-refractivity contribution < 1.29 is 5.11 Å². The van der Waals surface area contributed by atoms with Crippen LogP contribution in [0.3, 0.4) is 0 Å². The zero-order valence-electron chi connectivity index (χ0n) is 13.4. The zero-order valence-corrected chi connectivity index (χ0v) is 19.3. The number of piperazine rings is 1. The number of nitrogens with zero attached hydrogens (tertiary/aromatic N) is 1. The predicted octanol–water partition coefficient (Wildman–Crippen LogP) is 4.97. The van der Waals surface area contributed by atoms with E-state index in [4.69, 9.17) is 0 Å². The quantitative estimate of drug-likeness (QED) is 0.365. The van der Waals surface area contributed by atoms with E-state index in [1.807, 2.05) is 0 Å². The highest BCUT2D eigenvalue weighted by Crippen LogP contribution is 2.34. The molecule has 0 aliphatic carbocycles. The summed E-state index contributed by atoms with van der Waals surface area (Å²) in [6.45, 7) is 6.65. The highest BCUT2D eigenvalue weighted by molar-refractivity contribution is 14.1. The predicted molar refractivity (Wildman–Crippen MR) is 119 cm³/mol. The van der Waals surface area contributed by atoms with E-state index in [-0.39, 0.29) is 24.8 Å². The summed E-state index contributed by atoms with van der Waals surface area (Å²) in [6, 6.07) is 4.81. The first-order valence-corrected chi connectivity index (χ1v) is 9.92. The highest BCUT2D eigenvalue weighted by Gasteiger charge is 2.23. The van der Waals surface area contributed by atoms with Crippen molar-refractivity contribution in [1.82, 2.24) is 10.2 Å². The number of aromatic hydroxyl groups is 1.